The first-order chi connectivity index (χ1) is 6.58. The van der Waals surface area contributed by atoms with Gasteiger partial charge in [-0.3, -0.25) is 0 Å². The molecule has 0 saturated carbocycles. The van der Waals surface area contributed by atoms with Crippen LogP contribution < -0.4 is 0 Å². The van der Waals surface area contributed by atoms with Crippen molar-refractivity contribution in [2.75, 3.05) is 14.2 Å². The molecule has 1 N–H and O–H groups in total. The maximum atomic E-state index is 10.7. The van der Waals surface area contributed by atoms with E-state index in [4.69, 9.17) is 9.99 Å². The van der Waals surface area contributed by atoms with Gasteiger partial charge in [-0.1, -0.05) is 6.08 Å². The monoisotopic (exact) mass is 204 g/mol. The van der Waals surface area contributed by atoms with Gasteiger partial charge in [0.25, 0.3) is 0 Å². The Bertz CT molecular complexity index is 195. The number of ether oxygens (including phenoxy) is 2. The SMILES string of the molecule is COC(=O)/C=C/CCC(C)(OC)OO. The van der Waals surface area contributed by atoms with E-state index in [1.54, 1.807) is 13.0 Å². The molecule has 82 valence electrons. The van der Waals surface area contributed by atoms with Gasteiger partial charge in [-0.05, 0) is 13.3 Å². The van der Waals surface area contributed by atoms with E-state index in [0.717, 1.165) is 0 Å². The minimum Gasteiger partial charge on any atom is -0.466 e. The van der Waals surface area contributed by atoms with Crippen LogP contribution in [0.3, 0.4) is 0 Å². The summed E-state index contributed by atoms with van der Waals surface area (Å²) in [5, 5.41) is 8.50. The molecule has 1 unspecified atom stereocenters. The summed E-state index contributed by atoms with van der Waals surface area (Å²) in [7, 11) is 2.74. The summed E-state index contributed by atoms with van der Waals surface area (Å²) in [6.45, 7) is 1.60. The van der Waals surface area contributed by atoms with E-state index in [1.165, 1.54) is 20.3 Å². The number of carbonyl (C=O) groups is 1. The average Bonchev–Trinajstić information content (AvgIpc) is 2.23. The van der Waals surface area contributed by atoms with Gasteiger partial charge in [0.15, 0.2) is 5.79 Å². The average molecular weight is 204 g/mol. The smallest absolute Gasteiger partial charge is 0.330 e. The molecule has 0 aromatic carbocycles. The zero-order chi connectivity index (χ0) is 11.0. The minimum absolute atomic E-state index is 0.408. The van der Waals surface area contributed by atoms with Crippen LogP contribution in [0.25, 0.3) is 0 Å². The fraction of sp³-hybridized carbons (Fsp3) is 0.667. The van der Waals surface area contributed by atoms with Gasteiger partial charge in [-0.25, -0.2) is 14.9 Å². The lowest BCUT2D eigenvalue weighted by Gasteiger charge is -2.22. The van der Waals surface area contributed by atoms with Gasteiger partial charge in [0.2, 0.25) is 0 Å². The highest BCUT2D eigenvalue weighted by atomic mass is 17.1. The highest BCUT2D eigenvalue weighted by molar-refractivity contribution is 5.81. The first kappa shape index (κ1) is 13.1. The van der Waals surface area contributed by atoms with Crippen molar-refractivity contribution in [3.8, 4) is 0 Å². The second-order valence-electron chi connectivity index (χ2n) is 2.89. The third-order valence-corrected chi connectivity index (χ3v) is 1.85. The van der Waals surface area contributed by atoms with Gasteiger partial charge in [0.05, 0.1) is 7.11 Å². The van der Waals surface area contributed by atoms with E-state index in [9.17, 15) is 4.79 Å². The van der Waals surface area contributed by atoms with Crippen molar-refractivity contribution >= 4 is 5.97 Å². The normalized spacial score (nSPS) is 15.4. The van der Waals surface area contributed by atoms with Gasteiger partial charge in [0, 0.05) is 19.6 Å². The Morgan fingerprint density at radius 1 is 1.50 bits per heavy atom. The molecule has 0 saturated heterocycles. The number of methoxy groups -OCH3 is 2. The summed E-state index contributed by atoms with van der Waals surface area (Å²) in [5.41, 5.74) is 0. The van der Waals surface area contributed by atoms with Crippen LogP contribution in [0.4, 0.5) is 0 Å². The standard InChI is InChI=1S/C9H16O5/c1-9(13-3,14-11)7-5-4-6-8(10)12-2/h4,6,11H,5,7H2,1-3H3/b6-4+. The second kappa shape index (κ2) is 6.53. The molecule has 0 aromatic heterocycles. The Labute approximate surface area is 83.2 Å². The van der Waals surface area contributed by atoms with Crippen LogP contribution in [0, 0.1) is 0 Å². The minimum atomic E-state index is -1.03. The number of hydrogen-bond donors (Lipinski definition) is 1. The zero-order valence-electron chi connectivity index (χ0n) is 8.65. The van der Waals surface area contributed by atoms with Crippen LogP contribution >= 0.6 is 0 Å². The van der Waals surface area contributed by atoms with E-state index in [2.05, 4.69) is 9.62 Å². The molecule has 0 radical (unpaired) electrons. The summed E-state index contributed by atoms with van der Waals surface area (Å²) < 4.78 is 9.30. The van der Waals surface area contributed by atoms with Gasteiger partial charge in [-0.2, -0.15) is 0 Å². The largest absolute Gasteiger partial charge is 0.466 e. The molecule has 0 spiro atoms. The summed E-state index contributed by atoms with van der Waals surface area (Å²) in [6, 6.07) is 0. The first-order valence-corrected chi connectivity index (χ1v) is 4.20. The van der Waals surface area contributed by atoms with Crippen molar-refractivity contribution in [3.05, 3.63) is 12.2 Å². The van der Waals surface area contributed by atoms with E-state index >= 15 is 0 Å². The molecular weight excluding hydrogens is 188 g/mol. The Morgan fingerprint density at radius 3 is 2.57 bits per heavy atom. The Balaban J connectivity index is 3.82. The lowest BCUT2D eigenvalue weighted by Crippen LogP contribution is -2.29. The molecule has 0 aliphatic heterocycles. The molecule has 0 aliphatic rings. The van der Waals surface area contributed by atoms with Crippen molar-refractivity contribution in [2.24, 2.45) is 0 Å². The topological polar surface area (TPSA) is 65.0 Å². The molecule has 0 amide bonds. The van der Waals surface area contributed by atoms with E-state index in [1.807, 2.05) is 0 Å². The molecule has 5 nitrogen and oxygen atoms in total. The lowest BCUT2D eigenvalue weighted by molar-refractivity contribution is -0.393. The van der Waals surface area contributed by atoms with Crippen LogP contribution in [0.1, 0.15) is 19.8 Å². The number of hydrogen-bond acceptors (Lipinski definition) is 5. The first-order valence-electron chi connectivity index (χ1n) is 4.20. The summed E-state index contributed by atoms with van der Waals surface area (Å²) in [6.07, 6.45) is 3.92. The number of allylic oxidation sites excluding steroid dienone is 1. The predicted octanol–water partition coefficient (Wildman–Crippen LogP) is 1.35. The van der Waals surface area contributed by atoms with Crippen molar-refractivity contribution in [1.29, 1.82) is 0 Å². The zero-order valence-corrected chi connectivity index (χ0v) is 8.65. The van der Waals surface area contributed by atoms with E-state index in [0.29, 0.717) is 12.8 Å². The molecule has 0 rings (SSSR count). The van der Waals surface area contributed by atoms with Crippen molar-refractivity contribution in [2.45, 2.75) is 25.6 Å². The quantitative estimate of drug-likeness (QED) is 0.232. The molecule has 0 aromatic rings. The predicted molar refractivity (Wildman–Crippen MR) is 49.5 cm³/mol. The number of carbonyl (C=O) groups excluding carboxylic acids is 1. The summed E-state index contributed by atoms with van der Waals surface area (Å²) in [5.74, 6) is -1.44. The maximum absolute atomic E-state index is 10.7. The Kier molecular flexibility index (Phi) is 6.11. The van der Waals surface area contributed by atoms with Crippen molar-refractivity contribution in [3.63, 3.8) is 0 Å². The maximum Gasteiger partial charge on any atom is 0.330 e. The van der Waals surface area contributed by atoms with E-state index in [-0.39, 0.29) is 0 Å². The highest BCUT2D eigenvalue weighted by Gasteiger charge is 2.23. The van der Waals surface area contributed by atoms with Crippen LogP contribution in [0.15, 0.2) is 12.2 Å². The van der Waals surface area contributed by atoms with Gasteiger partial charge >= 0.3 is 5.97 Å². The Hall–Kier alpha value is -0.910. The fourth-order valence-electron chi connectivity index (χ4n) is 0.778. The Morgan fingerprint density at radius 2 is 2.14 bits per heavy atom. The van der Waals surface area contributed by atoms with Crippen LogP contribution in [0.2, 0.25) is 0 Å². The fourth-order valence-corrected chi connectivity index (χ4v) is 0.778. The molecule has 1 atom stereocenters. The lowest BCUT2D eigenvalue weighted by atomic mass is 10.1. The summed E-state index contributed by atoms with van der Waals surface area (Å²) in [4.78, 5) is 14.8. The van der Waals surface area contributed by atoms with Gasteiger partial charge in [0.1, 0.15) is 0 Å². The third-order valence-electron chi connectivity index (χ3n) is 1.85. The van der Waals surface area contributed by atoms with Crippen molar-refractivity contribution < 1.29 is 24.4 Å². The van der Waals surface area contributed by atoms with Crippen molar-refractivity contribution in [1.82, 2.24) is 0 Å². The molecule has 0 heterocycles. The second-order valence-corrected chi connectivity index (χ2v) is 2.89. The number of esters is 1. The van der Waals surface area contributed by atoms with E-state index < -0.39 is 11.8 Å². The highest BCUT2D eigenvalue weighted by Crippen LogP contribution is 2.17. The third kappa shape index (κ3) is 4.96. The molecule has 14 heavy (non-hydrogen) atoms. The number of rotatable bonds is 6. The van der Waals surface area contributed by atoms with Crippen LogP contribution in [-0.4, -0.2) is 31.2 Å². The van der Waals surface area contributed by atoms with Crippen LogP contribution in [0.5, 0.6) is 0 Å². The molecule has 0 fully saturated rings. The van der Waals surface area contributed by atoms with Crippen LogP contribution in [-0.2, 0) is 19.2 Å². The molecular formula is C9H16O5. The molecule has 0 aliphatic carbocycles. The van der Waals surface area contributed by atoms with Gasteiger partial charge in [-0.15, -0.1) is 0 Å². The molecule has 0 bridgehead atoms. The summed E-state index contributed by atoms with van der Waals surface area (Å²) >= 11 is 0. The van der Waals surface area contributed by atoms with Gasteiger partial charge < -0.3 is 9.47 Å². The molecule has 5 heteroatoms.